The predicted molar refractivity (Wildman–Crippen MR) is 115 cm³/mol. The molecule has 0 bridgehead atoms. The first-order valence-corrected chi connectivity index (χ1v) is 10.4. The van der Waals surface area contributed by atoms with Crippen LogP contribution >= 0.6 is 0 Å². The molecule has 10 nitrogen and oxygen atoms in total. The highest BCUT2D eigenvalue weighted by molar-refractivity contribution is 5.83. The third kappa shape index (κ3) is 5.28. The number of aliphatic carboxylic acids is 2. The van der Waals surface area contributed by atoms with Gasteiger partial charge in [-0.05, 0) is 12.1 Å². The van der Waals surface area contributed by atoms with E-state index in [0.29, 0.717) is 22.6 Å². The molecule has 34 heavy (non-hydrogen) atoms. The van der Waals surface area contributed by atoms with Gasteiger partial charge in [0.25, 0.3) is 0 Å². The van der Waals surface area contributed by atoms with Crippen LogP contribution in [0.5, 0.6) is 11.5 Å². The number of hydrogen-bond acceptors (Lipinski definition) is 8. The van der Waals surface area contributed by atoms with Crippen LogP contribution in [0.3, 0.4) is 0 Å². The third-order valence-corrected chi connectivity index (χ3v) is 5.55. The molecule has 4 rings (SSSR count). The lowest BCUT2D eigenvalue weighted by atomic mass is 9.95. The molecule has 2 fully saturated rings. The lowest BCUT2D eigenvalue weighted by Crippen LogP contribution is -2.18. The van der Waals surface area contributed by atoms with Crippen molar-refractivity contribution in [1.29, 1.82) is 0 Å². The summed E-state index contributed by atoms with van der Waals surface area (Å²) in [5.41, 5.74) is 1.18. The Hall–Kier alpha value is -4.08. The Labute approximate surface area is 195 Å². The fourth-order valence-corrected chi connectivity index (χ4v) is 3.91. The Morgan fingerprint density at radius 1 is 0.735 bits per heavy atom. The summed E-state index contributed by atoms with van der Waals surface area (Å²) in [5, 5.41) is 18.1. The second-order valence-electron chi connectivity index (χ2n) is 7.60. The van der Waals surface area contributed by atoms with Gasteiger partial charge in [-0.15, -0.1) is 0 Å². The second kappa shape index (κ2) is 10.7. The average molecular weight is 472 g/mol. The van der Waals surface area contributed by atoms with Gasteiger partial charge in [-0.25, -0.2) is 0 Å². The smallest absolute Gasteiger partial charge is 0.311 e. The fraction of sp³-hybridized carbons (Fsp3) is 0.333. The van der Waals surface area contributed by atoms with Crippen LogP contribution in [-0.2, 0) is 28.7 Å². The van der Waals surface area contributed by atoms with Crippen LogP contribution in [0.1, 0.15) is 36.2 Å². The number of para-hydroxylation sites is 2. The van der Waals surface area contributed by atoms with Crippen LogP contribution in [0.2, 0.25) is 0 Å². The molecule has 0 radical (unpaired) electrons. The molecule has 0 saturated carbocycles. The first-order valence-electron chi connectivity index (χ1n) is 10.4. The molecule has 0 unspecified atom stereocenters. The van der Waals surface area contributed by atoms with E-state index in [-0.39, 0.29) is 12.8 Å². The maximum atomic E-state index is 11.2. The molecule has 0 aliphatic carbocycles. The van der Waals surface area contributed by atoms with Crippen LogP contribution < -0.4 is 9.47 Å². The molecule has 180 valence electrons. The number of benzene rings is 2. The van der Waals surface area contributed by atoms with Crippen molar-refractivity contribution < 1.29 is 48.3 Å². The van der Waals surface area contributed by atoms with E-state index in [0.717, 1.165) is 0 Å². The third-order valence-electron chi connectivity index (χ3n) is 5.55. The van der Waals surface area contributed by atoms with Crippen molar-refractivity contribution in [3.8, 4) is 11.5 Å². The minimum Gasteiger partial charge on any atom is -0.496 e. The summed E-state index contributed by atoms with van der Waals surface area (Å²) in [5.74, 6) is -3.70. The quantitative estimate of drug-likeness (QED) is 0.602. The molecule has 2 aliphatic rings. The van der Waals surface area contributed by atoms with Crippen LogP contribution in [0.25, 0.3) is 0 Å². The minimum absolute atomic E-state index is 0.0992. The Balaban J connectivity index is 0.000000191. The highest BCUT2D eigenvalue weighted by Gasteiger charge is 2.43. The summed E-state index contributed by atoms with van der Waals surface area (Å²) in [7, 11) is 2.98. The lowest BCUT2D eigenvalue weighted by molar-refractivity contribution is -0.146. The van der Waals surface area contributed by atoms with Crippen molar-refractivity contribution in [2.45, 2.75) is 25.0 Å². The number of carbonyl (C=O) groups excluding carboxylic acids is 2. The Morgan fingerprint density at radius 3 is 1.41 bits per heavy atom. The molecule has 0 amide bonds. The first kappa shape index (κ1) is 24.6. The van der Waals surface area contributed by atoms with Crippen LogP contribution in [0.4, 0.5) is 0 Å². The van der Waals surface area contributed by atoms with E-state index in [1.165, 1.54) is 14.2 Å². The van der Waals surface area contributed by atoms with Crippen molar-refractivity contribution in [1.82, 2.24) is 0 Å². The summed E-state index contributed by atoms with van der Waals surface area (Å²) in [4.78, 5) is 44.5. The number of hydrogen-bond donors (Lipinski definition) is 2. The van der Waals surface area contributed by atoms with Gasteiger partial charge in [-0.2, -0.15) is 0 Å². The standard InChI is InChI=1S/2C12H12O5/c2*1-16-9-5-3-2-4-7(9)11-8(12(14)15)6-10(13)17-11/h2*2-5,8,11H,6H2,1H3,(H,14,15)/t2*8-,11+/m10/s1. The molecule has 2 aliphatic heterocycles. The van der Waals surface area contributed by atoms with E-state index in [9.17, 15) is 19.2 Å². The molecule has 2 saturated heterocycles. The summed E-state index contributed by atoms with van der Waals surface area (Å²) < 4.78 is 20.4. The number of ether oxygens (including phenoxy) is 4. The zero-order valence-electron chi connectivity index (χ0n) is 18.5. The maximum absolute atomic E-state index is 11.2. The monoisotopic (exact) mass is 472 g/mol. The summed E-state index contributed by atoms with van der Waals surface area (Å²) in [6.45, 7) is 0. The van der Waals surface area contributed by atoms with Gasteiger partial charge in [0.1, 0.15) is 35.5 Å². The summed E-state index contributed by atoms with van der Waals surface area (Å²) in [6.07, 6.45) is -1.73. The Morgan fingerprint density at radius 2 is 1.09 bits per heavy atom. The van der Waals surface area contributed by atoms with E-state index < -0.39 is 47.9 Å². The highest BCUT2D eigenvalue weighted by Crippen LogP contribution is 2.40. The van der Waals surface area contributed by atoms with Gasteiger partial charge in [0.2, 0.25) is 0 Å². The first-order chi connectivity index (χ1) is 16.3. The van der Waals surface area contributed by atoms with Crippen molar-refractivity contribution in [2.75, 3.05) is 14.2 Å². The van der Waals surface area contributed by atoms with E-state index in [4.69, 9.17) is 29.2 Å². The minimum atomic E-state index is -1.04. The predicted octanol–water partition coefficient (Wildman–Crippen LogP) is 2.77. The van der Waals surface area contributed by atoms with Gasteiger partial charge in [0.15, 0.2) is 0 Å². The van der Waals surface area contributed by atoms with Crippen molar-refractivity contribution >= 4 is 23.9 Å². The van der Waals surface area contributed by atoms with Crippen LogP contribution in [-0.4, -0.2) is 48.3 Å². The summed E-state index contributed by atoms with van der Waals surface area (Å²) in [6, 6.07) is 13.9. The topological polar surface area (TPSA) is 146 Å². The zero-order chi connectivity index (χ0) is 24.8. The second-order valence-corrected chi connectivity index (χ2v) is 7.60. The normalized spacial score (nSPS) is 23.2. The van der Waals surface area contributed by atoms with Gasteiger partial charge < -0.3 is 29.2 Å². The number of esters is 2. The number of carbonyl (C=O) groups is 4. The summed E-state index contributed by atoms with van der Waals surface area (Å²) >= 11 is 0. The largest absolute Gasteiger partial charge is 0.496 e. The average Bonchev–Trinajstić information content (AvgIpc) is 3.42. The molecule has 10 heteroatoms. The molecule has 0 aromatic heterocycles. The lowest BCUT2D eigenvalue weighted by Gasteiger charge is -2.17. The van der Waals surface area contributed by atoms with E-state index >= 15 is 0 Å². The van der Waals surface area contributed by atoms with E-state index in [1.807, 2.05) is 0 Å². The number of carboxylic acid groups (broad SMARTS) is 2. The molecule has 2 N–H and O–H groups in total. The highest BCUT2D eigenvalue weighted by atomic mass is 16.6. The number of rotatable bonds is 6. The van der Waals surface area contributed by atoms with Gasteiger partial charge in [0, 0.05) is 11.1 Å². The molecule has 4 atom stereocenters. The Bertz CT molecular complexity index is 993. The molecular formula is C24H24O10. The maximum Gasteiger partial charge on any atom is 0.311 e. The number of carboxylic acids is 2. The number of cyclic esters (lactones) is 2. The molecule has 2 aromatic carbocycles. The Kier molecular flexibility index (Phi) is 7.72. The van der Waals surface area contributed by atoms with Crippen LogP contribution in [0.15, 0.2) is 48.5 Å². The van der Waals surface area contributed by atoms with Gasteiger partial charge in [0.05, 0.1) is 27.1 Å². The van der Waals surface area contributed by atoms with Crippen molar-refractivity contribution in [3.63, 3.8) is 0 Å². The van der Waals surface area contributed by atoms with E-state index in [1.54, 1.807) is 48.5 Å². The van der Waals surface area contributed by atoms with Crippen molar-refractivity contribution in [2.24, 2.45) is 11.8 Å². The van der Waals surface area contributed by atoms with Crippen LogP contribution in [0, 0.1) is 11.8 Å². The van der Waals surface area contributed by atoms with Gasteiger partial charge in [-0.3, -0.25) is 19.2 Å². The van der Waals surface area contributed by atoms with Gasteiger partial charge >= 0.3 is 23.9 Å². The molecular weight excluding hydrogens is 448 g/mol. The number of methoxy groups -OCH3 is 2. The van der Waals surface area contributed by atoms with Crippen molar-refractivity contribution in [3.05, 3.63) is 59.7 Å². The molecule has 0 spiro atoms. The SMILES string of the molecule is COc1ccccc1[C@@H]1OC(=O)C[C@H]1C(=O)O.COc1ccccc1[C@H]1OC(=O)C[C@@H]1C(=O)O. The molecule has 2 heterocycles. The van der Waals surface area contributed by atoms with Gasteiger partial charge in [-0.1, -0.05) is 36.4 Å². The van der Waals surface area contributed by atoms with E-state index in [2.05, 4.69) is 0 Å². The molecule has 2 aromatic rings. The zero-order valence-corrected chi connectivity index (χ0v) is 18.5. The fourth-order valence-electron chi connectivity index (χ4n) is 3.91.